The van der Waals surface area contributed by atoms with Gasteiger partial charge >= 0.3 is 0 Å². The van der Waals surface area contributed by atoms with Gasteiger partial charge in [-0.25, -0.2) is 4.98 Å². The summed E-state index contributed by atoms with van der Waals surface area (Å²) < 4.78 is 0. The minimum atomic E-state index is -0.552. The van der Waals surface area contributed by atoms with Crippen LogP contribution in [0.2, 0.25) is 0 Å². The number of nitrogens with two attached hydrogens (primary N) is 1. The lowest BCUT2D eigenvalue weighted by molar-refractivity contribution is 0.182. The summed E-state index contributed by atoms with van der Waals surface area (Å²) in [6.07, 6.45) is 3.23. The predicted octanol–water partition coefficient (Wildman–Crippen LogP) is 1.40. The molecule has 0 fully saturated rings. The molecule has 0 aliphatic carbocycles. The van der Waals surface area contributed by atoms with Crippen LogP contribution in [0.1, 0.15) is 16.5 Å². The van der Waals surface area contributed by atoms with Crippen LogP contribution in [-0.2, 0) is 6.42 Å². The summed E-state index contributed by atoms with van der Waals surface area (Å²) in [7, 11) is 0. The molecule has 1 atom stereocenters. The number of rotatable bonds is 3. The fourth-order valence-electron chi connectivity index (χ4n) is 1.32. The van der Waals surface area contributed by atoms with Crippen LogP contribution in [0.4, 0.5) is 5.82 Å². The second-order valence-corrected chi connectivity index (χ2v) is 4.09. The van der Waals surface area contributed by atoms with Gasteiger partial charge in [-0.1, -0.05) is 6.07 Å². The number of anilines is 1. The van der Waals surface area contributed by atoms with E-state index in [-0.39, 0.29) is 0 Å². The summed E-state index contributed by atoms with van der Waals surface area (Å²) in [5.74, 6) is 0.473. The summed E-state index contributed by atoms with van der Waals surface area (Å²) in [4.78, 5) is 8.73. The number of nitrogens with zero attached hydrogens (tertiary/aromatic N) is 2. The first-order valence-corrected chi connectivity index (χ1v) is 5.41. The maximum atomic E-state index is 9.87. The van der Waals surface area contributed by atoms with Crippen LogP contribution in [0.3, 0.4) is 0 Å². The van der Waals surface area contributed by atoms with Crippen molar-refractivity contribution in [3.63, 3.8) is 0 Å². The number of aliphatic hydroxyl groups is 1. The molecule has 0 saturated heterocycles. The number of hydrogen-bond acceptors (Lipinski definition) is 5. The Balaban J connectivity index is 2.13. The van der Waals surface area contributed by atoms with Gasteiger partial charge in [-0.05, 0) is 11.6 Å². The molecule has 0 amide bonds. The van der Waals surface area contributed by atoms with Crippen molar-refractivity contribution in [3.8, 4) is 0 Å². The number of nitrogen functional groups attached to an aromatic ring is 1. The Hall–Kier alpha value is -1.46. The molecule has 0 aliphatic rings. The van der Waals surface area contributed by atoms with E-state index in [0.717, 1.165) is 10.4 Å². The van der Waals surface area contributed by atoms with E-state index >= 15 is 0 Å². The molecule has 15 heavy (non-hydrogen) atoms. The zero-order valence-electron chi connectivity index (χ0n) is 8.00. The van der Waals surface area contributed by atoms with E-state index < -0.39 is 6.10 Å². The molecule has 0 radical (unpaired) electrons. The maximum Gasteiger partial charge on any atom is 0.126 e. The van der Waals surface area contributed by atoms with Gasteiger partial charge in [0.1, 0.15) is 5.82 Å². The molecule has 2 heterocycles. The average Bonchev–Trinajstić information content (AvgIpc) is 2.74. The summed E-state index contributed by atoms with van der Waals surface area (Å²) in [6, 6.07) is 3.68. The zero-order chi connectivity index (χ0) is 10.7. The first-order valence-electron chi connectivity index (χ1n) is 4.53. The highest BCUT2D eigenvalue weighted by Gasteiger charge is 2.11. The van der Waals surface area contributed by atoms with Crippen LogP contribution in [0.15, 0.2) is 30.0 Å². The molecule has 4 nitrogen and oxygen atoms in total. The van der Waals surface area contributed by atoms with E-state index in [1.54, 1.807) is 17.9 Å². The Labute approximate surface area is 91.4 Å². The van der Waals surface area contributed by atoms with Crippen molar-refractivity contribution in [1.82, 2.24) is 9.97 Å². The number of pyridine rings is 1. The normalized spacial score (nSPS) is 12.6. The Kier molecular flexibility index (Phi) is 2.94. The molecule has 2 aromatic heterocycles. The van der Waals surface area contributed by atoms with Gasteiger partial charge in [0.15, 0.2) is 0 Å². The summed E-state index contributed by atoms with van der Waals surface area (Å²) in [5.41, 5.74) is 8.25. The second kappa shape index (κ2) is 4.37. The summed E-state index contributed by atoms with van der Waals surface area (Å²) in [5, 5.41) is 9.87. The van der Waals surface area contributed by atoms with E-state index in [9.17, 15) is 5.11 Å². The Morgan fingerprint density at radius 2 is 2.40 bits per heavy atom. The van der Waals surface area contributed by atoms with E-state index in [4.69, 9.17) is 5.73 Å². The van der Waals surface area contributed by atoms with Crippen LogP contribution >= 0.6 is 11.3 Å². The van der Waals surface area contributed by atoms with Crippen LogP contribution in [0.5, 0.6) is 0 Å². The minimum Gasteiger partial charge on any atom is -0.387 e. The molecule has 1 unspecified atom stereocenters. The van der Waals surface area contributed by atoms with E-state index in [1.165, 1.54) is 11.3 Å². The Bertz CT molecular complexity index is 430. The molecule has 0 spiro atoms. The molecule has 0 aliphatic heterocycles. The van der Waals surface area contributed by atoms with Gasteiger partial charge in [0, 0.05) is 18.8 Å². The van der Waals surface area contributed by atoms with Crippen molar-refractivity contribution < 1.29 is 5.11 Å². The van der Waals surface area contributed by atoms with E-state index in [1.807, 2.05) is 12.1 Å². The van der Waals surface area contributed by atoms with Crippen molar-refractivity contribution >= 4 is 17.2 Å². The van der Waals surface area contributed by atoms with Gasteiger partial charge in [0.05, 0.1) is 16.5 Å². The minimum absolute atomic E-state index is 0.473. The second-order valence-electron chi connectivity index (χ2n) is 3.17. The fraction of sp³-hybridized carbons (Fsp3) is 0.200. The topological polar surface area (TPSA) is 72.0 Å². The third-order valence-corrected chi connectivity index (χ3v) is 3.00. The number of hydrogen-bond donors (Lipinski definition) is 2. The highest BCUT2D eigenvalue weighted by atomic mass is 32.1. The van der Waals surface area contributed by atoms with Crippen LogP contribution in [0, 0.1) is 0 Å². The molecule has 5 heteroatoms. The lowest BCUT2D eigenvalue weighted by Crippen LogP contribution is -2.03. The summed E-state index contributed by atoms with van der Waals surface area (Å²) >= 11 is 1.43. The SMILES string of the molecule is Nc1ncccc1CC(O)c1cncs1. The third-order valence-electron chi connectivity index (χ3n) is 2.12. The molecular weight excluding hydrogens is 210 g/mol. The lowest BCUT2D eigenvalue weighted by Gasteiger charge is -2.09. The smallest absolute Gasteiger partial charge is 0.126 e. The first-order chi connectivity index (χ1) is 7.27. The molecule has 0 bridgehead atoms. The molecule has 0 aromatic carbocycles. The zero-order valence-corrected chi connectivity index (χ0v) is 8.81. The Morgan fingerprint density at radius 3 is 3.07 bits per heavy atom. The van der Waals surface area contributed by atoms with Crippen molar-refractivity contribution in [1.29, 1.82) is 0 Å². The van der Waals surface area contributed by atoms with Gasteiger partial charge in [-0.3, -0.25) is 4.98 Å². The van der Waals surface area contributed by atoms with Crippen LogP contribution in [-0.4, -0.2) is 15.1 Å². The van der Waals surface area contributed by atoms with Gasteiger partial charge < -0.3 is 10.8 Å². The molecule has 0 saturated carbocycles. The largest absolute Gasteiger partial charge is 0.387 e. The highest BCUT2D eigenvalue weighted by molar-refractivity contribution is 7.09. The number of thiazole rings is 1. The predicted molar refractivity (Wildman–Crippen MR) is 59.4 cm³/mol. The highest BCUT2D eigenvalue weighted by Crippen LogP contribution is 2.22. The van der Waals surface area contributed by atoms with Crippen molar-refractivity contribution in [3.05, 3.63) is 40.5 Å². The molecule has 78 valence electrons. The van der Waals surface area contributed by atoms with E-state index in [0.29, 0.717) is 12.2 Å². The van der Waals surface area contributed by atoms with Gasteiger partial charge in [-0.2, -0.15) is 0 Å². The standard InChI is InChI=1S/C10H11N3OS/c11-10-7(2-1-3-13-10)4-8(14)9-5-12-6-15-9/h1-3,5-6,8,14H,4H2,(H2,11,13). The van der Waals surface area contributed by atoms with Crippen molar-refractivity contribution in [2.45, 2.75) is 12.5 Å². The lowest BCUT2D eigenvalue weighted by atomic mass is 10.1. The van der Waals surface area contributed by atoms with Gasteiger partial charge in [-0.15, -0.1) is 11.3 Å². The van der Waals surface area contributed by atoms with Crippen molar-refractivity contribution in [2.24, 2.45) is 0 Å². The van der Waals surface area contributed by atoms with Crippen molar-refractivity contribution in [2.75, 3.05) is 5.73 Å². The molecule has 2 aromatic rings. The van der Waals surface area contributed by atoms with Crippen LogP contribution in [0.25, 0.3) is 0 Å². The Morgan fingerprint density at radius 1 is 1.53 bits per heavy atom. The molecule has 2 rings (SSSR count). The third kappa shape index (κ3) is 2.31. The molecule has 3 N–H and O–H groups in total. The maximum absolute atomic E-state index is 9.87. The average molecular weight is 221 g/mol. The quantitative estimate of drug-likeness (QED) is 0.821. The van der Waals surface area contributed by atoms with Crippen LogP contribution < -0.4 is 5.73 Å². The molecular formula is C10H11N3OS. The van der Waals surface area contributed by atoms with Gasteiger partial charge in [0.2, 0.25) is 0 Å². The monoisotopic (exact) mass is 221 g/mol. The number of aromatic nitrogens is 2. The summed E-state index contributed by atoms with van der Waals surface area (Å²) in [6.45, 7) is 0. The first kappa shape index (κ1) is 10.1. The van der Waals surface area contributed by atoms with Gasteiger partial charge in [0.25, 0.3) is 0 Å². The van der Waals surface area contributed by atoms with E-state index in [2.05, 4.69) is 9.97 Å². The fourth-order valence-corrected chi connectivity index (χ4v) is 1.93. The number of aliphatic hydroxyl groups excluding tert-OH is 1.